The van der Waals surface area contributed by atoms with E-state index in [0.29, 0.717) is 0 Å². The first kappa shape index (κ1) is 17.9. The molecule has 0 fully saturated rings. The molecule has 1 aromatic rings. The fourth-order valence-corrected chi connectivity index (χ4v) is 2.62. The molecule has 5 nitrogen and oxygen atoms in total. The molecule has 2 N–H and O–H groups in total. The SMILES string of the molecule is CCNC(=NCCCc1nc(C)cs1)NCCCOCC. The van der Waals surface area contributed by atoms with E-state index in [-0.39, 0.29) is 0 Å². The molecule has 0 spiro atoms. The van der Waals surface area contributed by atoms with Gasteiger partial charge < -0.3 is 15.4 Å². The number of nitrogens with one attached hydrogen (secondary N) is 2. The number of aromatic nitrogens is 1. The normalized spacial score (nSPS) is 11.7. The van der Waals surface area contributed by atoms with Crippen LogP contribution in [0.5, 0.6) is 0 Å². The van der Waals surface area contributed by atoms with Crippen molar-refractivity contribution >= 4 is 17.3 Å². The van der Waals surface area contributed by atoms with E-state index >= 15 is 0 Å². The van der Waals surface area contributed by atoms with Crippen LogP contribution in [0, 0.1) is 6.92 Å². The fraction of sp³-hybridized carbons (Fsp3) is 0.733. The van der Waals surface area contributed by atoms with Crippen LogP contribution in [0.1, 0.15) is 37.4 Å². The molecule has 0 aliphatic carbocycles. The van der Waals surface area contributed by atoms with Gasteiger partial charge in [-0.05, 0) is 33.6 Å². The van der Waals surface area contributed by atoms with E-state index in [1.807, 2.05) is 13.8 Å². The smallest absolute Gasteiger partial charge is 0.191 e. The van der Waals surface area contributed by atoms with Gasteiger partial charge in [-0.1, -0.05) is 0 Å². The van der Waals surface area contributed by atoms with Crippen molar-refractivity contribution in [1.82, 2.24) is 15.6 Å². The highest BCUT2D eigenvalue weighted by atomic mass is 32.1. The molecule has 6 heteroatoms. The van der Waals surface area contributed by atoms with Gasteiger partial charge >= 0.3 is 0 Å². The van der Waals surface area contributed by atoms with Gasteiger partial charge in [0.15, 0.2) is 5.96 Å². The first-order chi connectivity index (χ1) is 10.3. The molecule has 1 rings (SSSR count). The highest BCUT2D eigenvalue weighted by Gasteiger charge is 1.99. The average molecular weight is 312 g/mol. The molecule has 0 unspecified atom stereocenters. The number of hydrogen-bond donors (Lipinski definition) is 2. The Morgan fingerprint density at radius 3 is 2.86 bits per heavy atom. The molecule has 120 valence electrons. The number of nitrogens with zero attached hydrogens (tertiary/aromatic N) is 2. The van der Waals surface area contributed by atoms with Crippen molar-refractivity contribution in [2.75, 3.05) is 32.8 Å². The lowest BCUT2D eigenvalue weighted by Crippen LogP contribution is -2.38. The maximum atomic E-state index is 5.32. The maximum absolute atomic E-state index is 5.32. The highest BCUT2D eigenvalue weighted by molar-refractivity contribution is 7.09. The number of guanidine groups is 1. The summed E-state index contributed by atoms with van der Waals surface area (Å²) in [7, 11) is 0. The second kappa shape index (κ2) is 11.5. The van der Waals surface area contributed by atoms with Gasteiger partial charge in [-0.2, -0.15) is 0 Å². The summed E-state index contributed by atoms with van der Waals surface area (Å²) in [6, 6.07) is 0. The van der Waals surface area contributed by atoms with Gasteiger partial charge in [0.05, 0.1) is 5.01 Å². The number of aliphatic imine (C=N–C) groups is 1. The summed E-state index contributed by atoms with van der Waals surface area (Å²) in [5, 5.41) is 9.90. The summed E-state index contributed by atoms with van der Waals surface area (Å²) in [5.74, 6) is 0.893. The van der Waals surface area contributed by atoms with Crippen molar-refractivity contribution in [2.24, 2.45) is 4.99 Å². The molecule has 0 bridgehead atoms. The van der Waals surface area contributed by atoms with Gasteiger partial charge in [-0.25, -0.2) is 4.98 Å². The molecule has 0 atom stereocenters. The Kier molecular flexibility index (Phi) is 9.82. The summed E-state index contributed by atoms with van der Waals surface area (Å²) < 4.78 is 5.32. The number of thiazole rings is 1. The van der Waals surface area contributed by atoms with Crippen LogP contribution in [0.25, 0.3) is 0 Å². The third-order valence-corrected chi connectivity index (χ3v) is 3.82. The van der Waals surface area contributed by atoms with E-state index in [1.165, 1.54) is 5.01 Å². The minimum absolute atomic E-state index is 0.782. The Bertz CT molecular complexity index is 406. The predicted molar refractivity (Wildman–Crippen MR) is 90.3 cm³/mol. The first-order valence-electron chi connectivity index (χ1n) is 7.77. The van der Waals surface area contributed by atoms with E-state index < -0.39 is 0 Å². The summed E-state index contributed by atoms with van der Waals surface area (Å²) in [6.45, 7) is 10.3. The molecule has 0 saturated heterocycles. The highest BCUT2D eigenvalue weighted by Crippen LogP contribution is 2.10. The van der Waals surface area contributed by atoms with Gasteiger partial charge in [-0.15, -0.1) is 11.3 Å². The van der Waals surface area contributed by atoms with E-state index in [2.05, 4.69) is 32.9 Å². The van der Waals surface area contributed by atoms with Crippen molar-refractivity contribution < 1.29 is 4.74 Å². The summed E-state index contributed by atoms with van der Waals surface area (Å²) >= 11 is 1.74. The lowest BCUT2D eigenvalue weighted by molar-refractivity contribution is 0.145. The standard InChI is InChI=1S/C15H28N4OS/c1-4-16-15(18-10-7-11-20-5-2)17-9-6-8-14-19-13(3)12-21-14/h12H,4-11H2,1-3H3,(H2,16,17,18). The summed E-state index contributed by atoms with van der Waals surface area (Å²) in [5.41, 5.74) is 1.11. The second-order valence-electron chi connectivity index (χ2n) is 4.72. The van der Waals surface area contributed by atoms with E-state index in [4.69, 9.17) is 4.74 Å². The summed E-state index contributed by atoms with van der Waals surface area (Å²) in [6.07, 6.45) is 3.03. The van der Waals surface area contributed by atoms with Crippen molar-refractivity contribution in [2.45, 2.75) is 40.0 Å². The fourth-order valence-electron chi connectivity index (χ4n) is 1.81. The zero-order valence-electron chi connectivity index (χ0n) is 13.4. The Morgan fingerprint density at radius 1 is 1.33 bits per heavy atom. The molecular formula is C15H28N4OS. The van der Waals surface area contributed by atoms with Crippen LogP contribution in [0.4, 0.5) is 0 Å². The number of ether oxygens (including phenoxy) is 1. The van der Waals surface area contributed by atoms with E-state index in [0.717, 1.165) is 63.8 Å². The number of hydrogen-bond acceptors (Lipinski definition) is 4. The number of aryl methyl sites for hydroxylation is 2. The molecule has 0 aliphatic rings. The largest absolute Gasteiger partial charge is 0.382 e. The lowest BCUT2D eigenvalue weighted by Gasteiger charge is -2.11. The van der Waals surface area contributed by atoms with Gasteiger partial charge in [0.25, 0.3) is 0 Å². The van der Waals surface area contributed by atoms with Crippen LogP contribution >= 0.6 is 11.3 Å². The molecule has 1 heterocycles. The topological polar surface area (TPSA) is 58.5 Å². The van der Waals surface area contributed by atoms with Gasteiger partial charge in [-0.3, -0.25) is 4.99 Å². The zero-order valence-corrected chi connectivity index (χ0v) is 14.3. The molecular weight excluding hydrogens is 284 g/mol. The summed E-state index contributed by atoms with van der Waals surface area (Å²) in [4.78, 5) is 9.05. The molecule has 21 heavy (non-hydrogen) atoms. The molecule has 0 amide bonds. The van der Waals surface area contributed by atoms with E-state index in [9.17, 15) is 0 Å². The molecule has 0 aliphatic heterocycles. The lowest BCUT2D eigenvalue weighted by atomic mass is 10.3. The van der Waals surface area contributed by atoms with Gasteiger partial charge in [0.2, 0.25) is 0 Å². The molecule has 0 aromatic carbocycles. The molecule has 0 radical (unpaired) electrons. The quantitative estimate of drug-likeness (QED) is 0.396. The second-order valence-corrected chi connectivity index (χ2v) is 5.67. The molecule has 0 saturated carbocycles. The minimum atomic E-state index is 0.782. The van der Waals surface area contributed by atoms with Crippen molar-refractivity contribution in [3.63, 3.8) is 0 Å². The third-order valence-electron chi connectivity index (χ3n) is 2.79. The maximum Gasteiger partial charge on any atom is 0.191 e. The third kappa shape index (κ3) is 8.67. The van der Waals surface area contributed by atoms with Crippen LogP contribution in [0.2, 0.25) is 0 Å². The number of rotatable bonds is 10. The van der Waals surface area contributed by atoms with Crippen LogP contribution < -0.4 is 10.6 Å². The van der Waals surface area contributed by atoms with Crippen molar-refractivity contribution in [1.29, 1.82) is 0 Å². The van der Waals surface area contributed by atoms with Gasteiger partial charge in [0, 0.05) is 50.3 Å². The van der Waals surface area contributed by atoms with Gasteiger partial charge in [0.1, 0.15) is 0 Å². The van der Waals surface area contributed by atoms with E-state index in [1.54, 1.807) is 11.3 Å². The van der Waals surface area contributed by atoms with Crippen LogP contribution in [0.3, 0.4) is 0 Å². The molecule has 1 aromatic heterocycles. The zero-order chi connectivity index (χ0) is 15.3. The Morgan fingerprint density at radius 2 is 2.19 bits per heavy atom. The van der Waals surface area contributed by atoms with Crippen LogP contribution in [-0.2, 0) is 11.2 Å². The Hall–Kier alpha value is -1.14. The minimum Gasteiger partial charge on any atom is -0.382 e. The van der Waals surface area contributed by atoms with Crippen molar-refractivity contribution in [3.8, 4) is 0 Å². The Balaban J connectivity index is 2.20. The van der Waals surface area contributed by atoms with Crippen molar-refractivity contribution in [3.05, 3.63) is 16.1 Å². The first-order valence-corrected chi connectivity index (χ1v) is 8.65. The monoisotopic (exact) mass is 312 g/mol. The van der Waals surface area contributed by atoms with Crippen LogP contribution in [0.15, 0.2) is 10.4 Å². The average Bonchev–Trinajstić information content (AvgIpc) is 2.88. The van der Waals surface area contributed by atoms with Crippen LogP contribution in [-0.4, -0.2) is 43.8 Å². The Labute approximate surface area is 132 Å². The predicted octanol–water partition coefficient (Wildman–Crippen LogP) is 2.37.